The van der Waals surface area contributed by atoms with Gasteiger partial charge in [0, 0.05) is 18.5 Å². The Morgan fingerprint density at radius 2 is 2.07 bits per heavy atom. The van der Waals surface area contributed by atoms with E-state index >= 15 is 0 Å². The van der Waals surface area contributed by atoms with E-state index in [1.807, 2.05) is 0 Å². The Morgan fingerprint density at radius 1 is 1.43 bits per heavy atom. The molecule has 0 spiro atoms. The Hall–Kier alpha value is -1.24. The van der Waals surface area contributed by atoms with Crippen molar-refractivity contribution in [2.45, 2.75) is 11.5 Å². The molecule has 0 N–H and O–H groups in total. The topological polar surface area (TPSA) is 56.3 Å². The maximum absolute atomic E-state index is 11.7. The molecule has 0 atom stereocenters. The van der Waals surface area contributed by atoms with Gasteiger partial charge in [0.2, 0.25) is 0 Å². The maximum Gasteiger partial charge on any atom is 0.387 e. The first-order chi connectivity index (χ1) is 6.39. The second-order valence-electron chi connectivity index (χ2n) is 2.51. The van der Waals surface area contributed by atoms with Crippen LogP contribution in [0.1, 0.15) is 0 Å². The van der Waals surface area contributed by atoms with Crippen LogP contribution >= 0.6 is 0 Å². The summed E-state index contributed by atoms with van der Waals surface area (Å²) < 4.78 is 49.5. The number of aromatic nitrogens is 1. The van der Waals surface area contributed by atoms with Crippen molar-refractivity contribution < 1.29 is 21.9 Å². The molecule has 0 saturated carbocycles. The van der Waals surface area contributed by atoms with Gasteiger partial charge in [-0.3, -0.25) is 4.98 Å². The van der Waals surface area contributed by atoms with Gasteiger partial charge in [-0.05, 0) is 0 Å². The predicted octanol–water partition coefficient (Wildman–Crippen LogP) is 1.09. The second-order valence-corrected chi connectivity index (χ2v) is 4.52. The molecule has 4 nitrogen and oxygen atoms in total. The lowest BCUT2D eigenvalue weighted by atomic mass is 10.5. The Labute approximate surface area is 79.5 Å². The SMILES string of the molecule is CS(=O)(=O)c1cncc(OC(F)F)c1. The molecule has 1 aromatic rings. The number of ether oxygens (including phenoxy) is 1. The third-order valence-electron chi connectivity index (χ3n) is 1.34. The van der Waals surface area contributed by atoms with E-state index in [1.54, 1.807) is 0 Å². The molecule has 0 fully saturated rings. The third-order valence-corrected chi connectivity index (χ3v) is 2.42. The van der Waals surface area contributed by atoms with Crippen LogP contribution in [0.3, 0.4) is 0 Å². The Balaban J connectivity index is 3.02. The van der Waals surface area contributed by atoms with E-state index in [0.717, 1.165) is 24.7 Å². The lowest BCUT2D eigenvalue weighted by Crippen LogP contribution is -2.04. The number of nitrogens with zero attached hydrogens (tertiary/aromatic N) is 1. The minimum absolute atomic E-state index is 0.157. The largest absolute Gasteiger partial charge is 0.433 e. The van der Waals surface area contributed by atoms with Gasteiger partial charge in [0.25, 0.3) is 0 Å². The molecule has 14 heavy (non-hydrogen) atoms. The number of alkyl halides is 2. The van der Waals surface area contributed by atoms with Crippen molar-refractivity contribution in [1.29, 1.82) is 0 Å². The summed E-state index contributed by atoms with van der Waals surface area (Å²) in [5, 5.41) is 0. The van der Waals surface area contributed by atoms with Crippen molar-refractivity contribution in [2.24, 2.45) is 0 Å². The van der Waals surface area contributed by atoms with Crippen LogP contribution in [0.2, 0.25) is 0 Å². The number of sulfone groups is 1. The van der Waals surface area contributed by atoms with Gasteiger partial charge in [0.05, 0.1) is 11.1 Å². The smallest absolute Gasteiger partial charge is 0.387 e. The van der Waals surface area contributed by atoms with E-state index in [2.05, 4.69) is 9.72 Å². The molecule has 7 heteroatoms. The van der Waals surface area contributed by atoms with Crippen molar-refractivity contribution in [3.8, 4) is 5.75 Å². The fourth-order valence-corrected chi connectivity index (χ4v) is 1.35. The highest BCUT2D eigenvalue weighted by Crippen LogP contribution is 2.17. The zero-order valence-corrected chi connectivity index (χ0v) is 7.96. The van der Waals surface area contributed by atoms with Crippen LogP contribution in [0.4, 0.5) is 8.78 Å². The molecule has 0 aliphatic heterocycles. The van der Waals surface area contributed by atoms with Crippen molar-refractivity contribution in [3.05, 3.63) is 18.5 Å². The summed E-state index contributed by atoms with van der Waals surface area (Å²) in [4.78, 5) is 3.31. The molecule has 0 bridgehead atoms. The minimum atomic E-state index is -3.45. The first-order valence-electron chi connectivity index (χ1n) is 3.49. The van der Waals surface area contributed by atoms with Crippen molar-refractivity contribution in [3.63, 3.8) is 0 Å². The molecular formula is C7H7F2NO3S. The molecule has 0 saturated heterocycles. The summed E-state index contributed by atoms with van der Waals surface area (Å²) in [5.74, 6) is -0.275. The van der Waals surface area contributed by atoms with Gasteiger partial charge in [-0.25, -0.2) is 8.42 Å². The Kier molecular flexibility index (Phi) is 3.00. The van der Waals surface area contributed by atoms with Gasteiger partial charge < -0.3 is 4.74 Å². The zero-order chi connectivity index (χ0) is 10.8. The first kappa shape index (κ1) is 10.8. The number of rotatable bonds is 3. The summed E-state index contributed by atoms with van der Waals surface area (Å²) in [6.45, 7) is -2.99. The number of hydrogen-bond acceptors (Lipinski definition) is 4. The van der Waals surface area contributed by atoms with Crippen LogP contribution < -0.4 is 4.74 Å². The fraction of sp³-hybridized carbons (Fsp3) is 0.286. The van der Waals surface area contributed by atoms with Crippen LogP contribution in [-0.4, -0.2) is 26.3 Å². The summed E-state index contributed by atoms with van der Waals surface area (Å²) in [6.07, 6.45) is 3.03. The van der Waals surface area contributed by atoms with Crippen LogP contribution in [-0.2, 0) is 9.84 Å². The van der Waals surface area contributed by atoms with Crippen LogP contribution in [0.15, 0.2) is 23.4 Å². The predicted molar refractivity (Wildman–Crippen MR) is 44.0 cm³/mol. The monoisotopic (exact) mass is 223 g/mol. The lowest BCUT2D eigenvalue weighted by molar-refractivity contribution is -0.0502. The van der Waals surface area contributed by atoms with E-state index < -0.39 is 16.4 Å². The molecular weight excluding hydrogens is 216 g/mol. The quantitative estimate of drug-likeness (QED) is 0.769. The average molecular weight is 223 g/mol. The third kappa shape index (κ3) is 2.91. The fourth-order valence-electron chi connectivity index (χ4n) is 0.769. The van der Waals surface area contributed by atoms with Crippen molar-refractivity contribution in [1.82, 2.24) is 4.98 Å². The number of pyridine rings is 1. The van der Waals surface area contributed by atoms with E-state index in [4.69, 9.17) is 0 Å². The molecule has 1 rings (SSSR count). The second kappa shape index (κ2) is 3.87. The van der Waals surface area contributed by atoms with Crippen LogP contribution in [0.25, 0.3) is 0 Å². The summed E-state index contributed by atoms with van der Waals surface area (Å²) >= 11 is 0. The summed E-state index contributed by atoms with van der Waals surface area (Å²) in [6, 6.07) is 0.995. The normalized spacial score (nSPS) is 11.7. The van der Waals surface area contributed by atoms with Gasteiger partial charge in [0.1, 0.15) is 5.75 Å². The highest BCUT2D eigenvalue weighted by atomic mass is 32.2. The van der Waals surface area contributed by atoms with Gasteiger partial charge in [0.15, 0.2) is 9.84 Å². The Morgan fingerprint density at radius 3 is 2.57 bits per heavy atom. The van der Waals surface area contributed by atoms with Gasteiger partial charge in [-0.15, -0.1) is 0 Å². The molecule has 0 aromatic carbocycles. The van der Waals surface area contributed by atoms with E-state index in [0.29, 0.717) is 0 Å². The summed E-state index contributed by atoms with van der Waals surface area (Å²) in [7, 11) is -3.45. The molecule has 78 valence electrons. The lowest BCUT2D eigenvalue weighted by Gasteiger charge is -2.04. The van der Waals surface area contributed by atoms with Crippen molar-refractivity contribution >= 4 is 9.84 Å². The molecule has 0 unspecified atom stereocenters. The van der Waals surface area contributed by atoms with E-state index in [9.17, 15) is 17.2 Å². The highest BCUT2D eigenvalue weighted by Gasteiger charge is 2.10. The van der Waals surface area contributed by atoms with E-state index in [-0.39, 0.29) is 10.6 Å². The maximum atomic E-state index is 11.7. The van der Waals surface area contributed by atoms with E-state index in [1.165, 1.54) is 0 Å². The van der Waals surface area contributed by atoms with Crippen LogP contribution in [0, 0.1) is 0 Å². The molecule has 1 aromatic heterocycles. The molecule has 1 heterocycles. The van der Waals surface area contributed by atoms with Gasteiger partial charge in [-0.2, -0.15) is 8.78 Å². The van der Waals surface area contributed by atoms with Crippen molar-refractivity contribution in [2.75, 3.05) is 6.26 Å². The van der Waals surface area contributed by atoms with Crippen LogP contribution in [0.5, 0.6) is 5.75 Å². The highest BCUT2D eigenvalue weighted by molar-refractivity contribution is 7.90. The molecule has 0 aliphatic rings. The molecule has 0 radical (unpaired) electrons. The number of hydrogen-bond donors (Lipinski definition) is 0. The van der Waals surface area contributed by atoms with Gasteiger partial charge in [-0.1, -0.05) is 0 Å². The van der Waals surface area contributed by atoms with Gasteiger partial charge >= 0.3 is 6.61 Å². The first-order valence-corrected chi connectivity index (χ1v) is 5.38. The average Bonchev–Trinajstić information content (AvgIpc) is 2.01. The Bertz CT molecular complexity index is 419. The summed E-state index contributed by atoms with van der Waals surface area (Å²) in [5.41, 5.74) is 0. The molecule has 0 aliphatic carbocycles. The minimum Gasteiger partial charge on any atom is -0.433 e. The standard InChI is InChI=1S/C7H7F2NO3S/c1-14(11,12)6-2-5(3-10-4-6)13-7(8)9/h2-4,7H,1H3. The molecule has 0 amide bonds. The number of halogens is 2. The zero-order valence-electron chi connectivity index (χ0n) is 7.15.